The summed E-state index contributed by atoms with van der Waals surface area (Å²) in [6.45, 7) is 0.413. The lowest BCUT2D eigenvalue weighted by molar-refractivity contribution is -0.145. The molecule has 0 radical (unpaired) electrons. The Bertz CT molecular complexity index is 650. The van der Waals surface area contributed by atoms with Gasteiger partial charge < -0.3 is 9.84 Å². The van der Waals surface area contributed by atoms with Crippen molar-refractivity contribution in [3.8, 4) is 5.75 Å². The van der Waals surface area contributed by atoms with E-state index in [4.69, 9.17) is 4.74 Å². The van der Waals surface area contributed by atoms with E-state index in [0.29, 0.717) is 25.2 Å². The van der Waals surface area contributed by atoms with Gasteiger partial charge in [-0.3, -0.25) is 9.48 Å². The second-order valence-corrected chi connectivity index (χ2v) is 5.14. The van der Waals surface area contributed by atoms with Crippen LogP contribution in [0.4, 0.5) is 0 Å². The summed E-state index contributed by atoms with van der Waals surface area (Å²) < 4.78 is 7.27. The molecule has 1 aliphatic heterocycles. The predicted molar refractivity (Wildman–Crippen MR) is 72.8 cm³/mol. The molecule has 20 heavy (non-hydrogen) atoms. The Morgan fingerprint density at radius 2 is 2.25 bits per heavy atom. The number of para-hydroxylation sites is 1. The fourth-order valence-corrected chi connectivity index (χ4v) is 2.81. The number of hydrogen-bond acceptors (Lipinski definition) is 3. The van der Waals surface area contributed by atoms with Crippen molar-refractivity contribution in [1.82, 2.24) is 9.78 Å². The molecule has 1 aromatic carbocycles. The number of hydrogen-bond donors (Lipinski definition) is 1. The van der Waals surface area contributed by atoms with Crippen LogP contribution >= 0.6 is 0 Å². The predicted octanol–water partition coefficient (Wildman–Crippen LogP) is 1.77. The number of ether oxygens (including phenoxy) is 1. The number of carboxylic acids is 1. The smallest absolute Gasteiger partial charge is 0.314 e. The van der Waals surface area contributed by atoms with Crippen LogP contribution in [0.3, 0.4) is 0 Å². The third-order valence-electron chi connectivity index (χ3n) is 3.85. The molecule has 0 bridgehead atoms. The largest absolute Gasteiger partial charge is 0.493 e. The van der Waals surface area contributed by atoms with E-state index in [2.05, 4.69) is 5.10 Å². The summed E-state index contributed by atoms with van der Waals surface area (Å²) in [7, 11) is 1.83. The molecule has 2 aromatic rings. The third kappa shape index (κ3) is 1.95. The number of rotatable bonds is 3. The molecule has 5 nitrogen and oxygen atoms in total. The fraction of sp³-hybridized carbons (Fsp3) is 0.333. The van der Waals surface area contributed by atoms with Crippen LogP contribution in [-0.4, -0.2) is 27.5 Å². The Labute approximate surface area is 116 Å². The van der Waals surface area contributed by atoms with Crippen LogP contribution in [0.15, 0.2) is 36.5 Å². The van der Waals surface area contributed by atoms with Gasteiger partial charge in [0.1, 0.15) is 11.2 Å². The van der Waals surface area contributed by atoms with Crippen LogP contribution in [-0.2, 0) is 23.7 Å². The molecule has 0 saturated carbocycles. The van der Waals surface area contributed by atoms with Crippen LogP contribution in [0.1, 0.15) is 17.7 Å². The molecule has 0 aliphatic carbocycles. The Kier molecular flexibility index (Phi) is 2.97. The van der Waals surface area contributed by atoms with E-state index >= 15 is 0 Å². The first kappa shape index (κ1) is 12.7. The Morgan fingerprint density at radius 1 is 1.45 bits per heavy atom. The van der Waals surface area contributed by atoms with Crippen LogP contribution in [0.25, 0.3) is 0 Å². The van der Waals surface area contributed by atoms with Gasteiger partial charge in [-0.2, -0.15) is 5.10 Å². The number of aryl methyl sites for hydroxylation is 1. The molecule has 0 saturated heterocycles. The first-order chi connectivity index (χ1) is 9.62. The van der Waals surface area contributed by atoms with Gasteiger partial charge in [-0.25, -0.2) is 0 Å². The van der Waals surface area contributed by atoms with E-state index in [1.165, 1.54) is 0 Å². The number of fused-ring (bicyclic) bond motifs is 1. The van der Waals surface area contributed by atoms with Crippen molar-refractivity contribution in [2.24, 2.45) is 7.05 Å². The summed E-state index contributed by atoms with van der Waals surface area (Å²) in [6.07, 6.45) is 2.66. The minimum absolute atomic E-state index is 0.379. The summed E-state index contributed by atoms with van der Waals surface area (Å²) in [5.74, 6) is -0.156. The molecule has 104 valence electrons. The van der Waals surface area contributed by atoms with Gasteiger partial charge in [0.15, 0.2) is 0 Å². The Hall–Kier alpha value is -2.30. The van der Waals surface area contributed by atoms with E-state index in [1.807, 2.05) is 43.6 Å². The molecule has 1 atom stereocenters. The Morgan fingerprint density at radius 3 is 2.95 bits per heavy atom. The summed E-state index contributed by atoms with van der Waals surface area (Å²) in [5, 5.41) is 14.1. The monoisotopic (exact) mass is 272 g/mol. The zero-order chi connectivity index (χ0) is 14.2. The first-order valence-electron chi connectivity index (χ1n) is 6.56. The van der Waals surface area contributed by atoms with E-state index in [9.17, 15) is 9.90 Å². The first-order valence-corrected chi connectivity index (χ1v) is 6.56. The molecule has 0 fully saturated rings. The quantitative estimate of drug-likeness (QED) is 0.924. The minimum Gasteiger partial charge on any atom is -0.493 e. The summed E-state index contributed by atoms with van der Waals surface area (Å²) in [4.78, 5) is 12.0. The maximum absolute atomic E-state index is 12.0. The lowest BCUT2D eigenvalue weighted by Crippen LogP contribution is -2.42. The molecule has 1 aromatic heterocycles. The molecule has 5 heteroatoms. The molecule has 1 unspecified atom stereocenters. The molecule has 0 amide bonds. The van der Waals surface area contributed by atoms with E-state index in [0.717, 1.165) is 11.3 Å². The molecule has 2 heterocycles. The number of benzene rings is 1. The normalized spacial score (nSPS) is 21.1. The van der Waals surface area contributed by atoms with Crippen molar-refractivity contribution in [2.75, 3.05) is 6.61 Å². The van der Waals surface area contributed by atoms with Crippen molar-refractivity contribution in [3.63, 3.8) is 0 Å². The average molecular weight is 272 g/mol. The van der Waals surface area contributed by atoms with Crippen molar-refractivity contribution in [2.45, 2.75) is 18.3 Å². The maximum Gasteiger partial charge on any atom is 0.314 e. The van der Waals surface area contributed by atoms with Crippen molar-refractivity contribution >= 4 is 5.97 Å². The van der Waals surface area contributed by atoms with E-state index in [-0.39, 0.29) is 0 Å². The lowest BCUT2D eigenvalue weighted by atomic mass is 9.72. The van der Waals surface area contributed by atoms with Gasteiger partial charge >= 0.3 is 5.97 Å². The van der Waals surface area contributed by atoms with Crippen molar-refractivity contribution in [1.29, 1.82) is 0 Å². The van der Waals surface area contributed by atoms with Crippen LogP contribution in [0, 0.1) is 0 Å². The van der Waals surface area contributed by atoms with E-state index in [1.54, 1.807) is 4.68 Å². The summed E-state index contributed by atoms with van der Waals surface area (Å²) in [5.41, 5.74) is 0.569. The Balaban J connectivity index is 2.07. The minimum atomic E-state index is -0.955. The average Bonchev–Trinajstić information content (AvgIpc) is 2.84. The van der Waals surface area contributed by atoms with Gasteiger partial charge in [0, 0.05) is 31.6 Å². The van der Waals surface area contributed by atoms with Crippen molar-refractivity contribution in [3.05, 3.63) is 47.8 Å². The van der Waals surface area contributed by atoms with Crippen LogP contribution in [0.5, 0.6) is 5.75 Å². The van der Waals surface area contributed by atoms with Gasteiger partial charge in [-0.1, -0.05) is 18.2 Å². The van der Waals surface area contributed by atoms with Gasteiger partial charge in [0.2, 0.25) is 0 Å². The molecular weight excluding hydrogens is 256 g/mol. The summed E-state index contributed by atoms with van der Waals surface area (Å²) in [6, 6.07) is 9.24. The zero-order valence-corrected chi connectivity index (χ0v) is 11.2. The number of carboxylic acid groups (broad SMARTS) is 1. The summed E-state index contributed by atoms with van der Waals surface area (Å²) >= 11 is 0. The van der Waals surface area contributed by atoms with E-state index < -0.39 is 11.4 Å². The van der Waals surface area contributed by atoms with Gasteiger partial charge in [-0.15, -0.1) is 0 Å². The number of nitrogens with zero attached hydrogens (tertiary/aromatic N) is 2. The SMILES string of the molecule is Cn1ccc(CC2(C(=O)O)CCOc3ccccc32)n1. The zero-order valence-electron chi connectivity index (χ0n) is 11.2. The molecule has 3 rings (SSSR count). The second kappa shape index (κ2) is 4.67. The molecule has 1 N–H and O–H groups in total. The van der Waals surface area contributed by atoms with Gasteiger partial charge in [-0.05, 0) is 12.1 Å². The second-order valence-electron chi connectivity index (χ2n) is 5.14. The number of aliphatic carboxylic acids is 1. The highest BCUT2D eigenvalue weighted by Crippen LogP contribution is 2.41. The third-order valence-corrected chi connectivity index (χ3v) is 3.85. The molecule has 0 spiro atoms. The lowest BCUT2D eigenvalue weighted by Gasteiger charge is -2.34. The molecular formula is C15H16N2O3. The van der Waals surface area contributed by atoms with Gasteiger partial charge in [0.05, 0.1) is 12.3 Å². The highest BCUT2D eigenvalue weighted by Gasteiger charge is 2.45. The highest BCUT2D eigenvalue weighted by atomic mass is 16.5. The standard InChI is InChI=1S/C15H16N2O3/c1-17-8-6-11(16-17)10-15(14(18)19)7-9-20-13-5-3-2-4-12(13)15/h2-6,8H,7,9-10H2,1H3,(H,18,19). The highest BCUT2D eigenvalue weighted by molar-refractivity contribution is 5.83. The van der Waals surface area contributed by atoms with Crippen LogP contribution in [0.2, 0.25) is 0 Å². The van der Waals surface area contributed by atoms with Crippen LogP contribution < -0.4 is 4.74 Å². The van der Waals surface area contributed by atoms with Crippen molar-refractivity contribution < 1.29 is 14.6 Å². The maximum atomic E-state index is 12.0. The number of aromatic nitrogens is 2. The van der Waals surface area contributed by atoms with Gasteiger partial charge in [0.25, 0.3) is 0 Å². The topological polar surface area (TPSA) is 64.4 Å². The molecule has 1 aliphatic rings. The number of carbonyl (C=O) groups is 1. The fourth-order valence-electron chi connectivity index (χ4n) is 2.81.